The van der Waals surface area contributed by atoms with Gasteiger partial charge in [0.05, 0.1) is 0 Å². The first-order valence-corrected chi connectivity index (χ1v) is 9.22. The predicted molar refractivity (Wildman–Crippen MR) is 108 cm³/mol. The van der Waals surface area contributed by atoms with E-state index in [2.05, 4.69) is 15.0 Å². The quantitative estimate of drug-likeness (QED) is 0.440. The monoisotopic (exact) mass is 391 g/mol. The molecule has 0 saturated carbocycles. The van der Waals surface area contributed by atoms with Crippen LogP contribution in [-0.4, -0.2) is 15.0 Å². The second-order valence-electron chi connectivity index (χ2n) is 6.35. The molecular formula is C22H18ClN3O2. The van der Waals surface area contributed by atoms with E-state index < -0.39 is 0 Å². The summed E-state index contributed by atoms with van der Waals surface area (Å²) in [6.07, 6.45) is 0. The van der Waals surface area contributed by atoms with E-state index in [-0.39, 0.29) is 6.61 Å². The van der Waals surface area contributed by atoms with E-state index in [1.54, 1.807) is 6.07 Å². The Morgan fingerprint density at radius 2 is 1.64 bits per heavy atom. The summed E-state index contributed by atoms with van der Waals surface area (Å²) >= 11 is 5.96. The summed E-state index contributed by atoms with van der Waals surface area (Å²) in [6.45, 7) is 4.05. The molecule has 0 saturated heterocycles. The lowest BCUT2D eigenvalue weighted by molar-refractivity contribution is 0.287. The largest absolute Gasteiger partial charge is 0.471 e. The lowest BCUT2D eigenvalue weighted by Crippen LogP contribution is -2.02. The summed E-state index contributed by atoms with van der Waals surface area (Å²) in [6, 6.07) is 19.0. The highest BCUT2D eigenvalue weighted by atomic mass is 35.5. The third kappa shape index (κ3) is 4.05. The smallest absolute Gasteiger partial charge is 0.226 e. The molecule has 0 fully saturated rings. The number of aryl methyl sites for hydroxylation is 2. The van der Waals surface area contributed by atoms with Crippen molar-refractivity contribution in [1.82, 2.24) is 15.0 Å². The molecule has 5 nitrogen and oxygen atoms in total. The van der Waals surface area contributed by atoms with Crippen LogP contribution < -0.4 is 4.74 Å². The van der Waals surface area contributed by atoms with Gasteiger partial charge in [-0.3, -0.25) is 0 Å². The topological polar surface area (TPSA) is 61.0 Å². The van der Waals surface area contributed by atoms with Gasteiger partial charge in [0.25, 0.3) is 0 Å². The molecule has 2 aromatic heterocycles. The highest BCUT2D eigenvalue weighted by Gasteiger charge is 2.13. The van der Waals surface area contributed by atoms with E-state index >= 15 is 0 Å². The van der Waals surface area contributed by atoms with Crippen molar-refractivity contribution in [3.8, 4) is 28.7 Å². The average Bonchev–Trinajstić information content (AvgIpc) is 3.08. The maximum atomic E-state index is 5.96. The highest BCUT2D eigenvalue weighted by molar-refractivity contribution is 6.30. The summed E-state index contributed by atoms with van der Waals surface area (Å²) in [5.74, 6) is 2.38. The lowest BCUT2D eigenvalue weighted by atomic mass is 10.2. The Kier molecular flexibility index (Phi) is 5.08. The fourth-order valence-corrected chi connectivity index (χ4v) is 2.88. The van der Waals surface area contributed by atoms with Crippen LogP contribution in [0.15, 0.2) is 65.1 Å². The molecule has 0 aliphatic rings. The number of hydrogen-bond acceptors (Lipinski definition) is 5. The molecule has 0 unspecified atom stereocenters. The van der Waals surface area contributed by atoms with E-state index in [9.17, 15) is 0 Å². The van der Waals surface area contributed by atoms with Crippen molar-refractivity contribution in [3.05, 3.63) is 82.8 Å². The van der Waals surface area contributed by atoms with E-state index in [1.807, 2.05) is 68.4 Å². The number of hydrogen-bond donors (Lipinski definition) is 0. The van der Waals surface area contributed by atoms with Gasteiger partial charge >= 0.3 is 0 Å². The minimum absolute atomic E-state index is 0.263. The maximum Gasteiger partial charge on any atom is 0.226 e. The summed E-state index contributed by atoms with van der Waals surface area (Å²) in [4.78, 5) is 13.5. The van der Waals surface area contributed by atoms with Gasteiger partial charge in [-0.25, -0.2) is 9.97 Å². The number of benzene rings is 2. The number of rotatable bonds is 5. The average molecular weight is 392 g/mol. The summed E-state index contributed by atoms with van der Waals surface area (Å²) in [7, 11) is 0. The second kappa shape index (κ2) is 7.82. The molecule has 4 rings (SSSR count). The Balaban J connectivity index is 1.54. The number of oxazole rings is 1. The molecule has 0 spiro atoms. The Hall–Kier alpha value is -3.18. The molecule has 2 aromatic carbocycles. The Morgan fingerprint density at radius 3 is 2.39 bits per heavy atom. The van der Waals surface area contributed by atoms with Crippen molar-refractivity contribution >= 4 is 11.6 Å². The normalized spacial score (nSPS) is 10.8. The molecule has 28 heavy (non-hydrogen) atoms. The van der Waals surface area contributed by atoms with Crippen molar-refractivity contribution in [2.45, 2.75) is 20.5 Å². The van der Waals surface area contributed by atoms with E-state index in [0.717, 1.165) is 28.3 Å². The molecule has 0 atom stereocenters. The zero-order valence-corrected chi connectivity index (χ0v) is 16.3. The minimum atomic E-state index is 0.263. The maximum absolute atomic E-state index is 5.96. The molecule has 140 valence electrons. The summed E-state index contributed by atoms with van der Waals surface area (Å²) in [5.41, 5.74) is 3.36. The third-order valence-corrected chi connectivity index (χ3v) is 4.46. The van der Waals surface area contributed by atoms with Crippen molar-refractivity contribution in [2.24, 2.45) is 0 Å². The van der Waals surface area contributed by atoms with E-state index in [4.69, 9.17) is 20.8 Å². The zero-order chi connectivity index (χ0) is 19.5. The van der Waals surface area contributed by atoms with Crippen LogP contribution in [0.5, 0.6) is 5.88 Å². The van der Waals surface area contributed by atoms with Crippen LogP contribution in [0.2, 0.25) is 5.02 Å². The van der Waals surface area contributed by atoms with Gasteiger partial charge < -0.3 is 9.15 Å². The van der Waals surface area contributed by atoms with E-state index in [1.165, 1.54) is 0 Å². The van der Waals surface area contributed by atoms with Crippen LogP contribution in [-0.2, 0) is 6.61 Å². The van der Waals surface area contributed by atoms with Gasteiger partial charge in [-0.1, -0.05) is 29.8 Å². The Morgan fingerprint density at radius 1 is 0.893 bits per heavy atom. The van der Waals surface area contributed by atoms with Gasteiger partial charge in [0.1, 0.15) is 18.1 Å². The van der Waals surface area contributed by atoms with Crippen molar-refractivity contribution in [1.29, 1.82) is 0 Å². The van der Waals surface area contributed by atoms with Gasteiger partial charge in [0.15, 0.2) is 5.82 Å². The molecule has 6 heteroatoms. The van der Waals surface area contributed by atoms with E-state index in [0.29, 0.717) is 22.6 Å². The van der Waals surface area contributed by atoms with Gasteiger partial charge in [-0.2, -0.15) is 4.98 Å². The van der Waals surface area contributed by atoms with Crippen LogP contribution in [0.3, 0.4) is 0 Å². The van der Waals surface area contributed by atoms with Crippen LogP contribution in [0.1, 0.15) is 17.1 Å². The molecule has 4 aromatic rings. The molecule has 0 amide bonds. The molecule has 0 N–H and O–H groups in total. The van der Waals surface area contributed by atoms with Crippen molar-refractivity contribution in [3.63, 3.8) is 0 Å². The lowest BCUT2D eigenvalue weighted by Gasteiger charge is -2.07. The van der Waals surface area contributed by atoms with Gasteiger partial charge in [-0.05, 0) is 50.2 Å². The van der Waals surface area contributed by atoms with Crippen LogP contribution in [0.4, 0.5) is 0 Å². The zero-order valence-electron chi connectivity index (χ0n) is 15.5. The molecule has 0 bridgehead atoms. The molecule has 0 radical (unpaired) electrons. The molecule has 0 aliphatic heterocycles. The summed E-state index contributed by atoms with van der Waals surface area (Å²) < 4.78 is 11.7. The Labute approximate surface area is 168 Å². The first kappa shape index (κ1) is 18.2. The first-order valence-electron chi connectivity index (χ1n) is 8.84. The second-order valence-corrected chi connectivity index (χ2v) is 6.79. The van der Waals surface area contributed by atoms with Crippen LogP contribution in [0, 0.1) is 13.8 Å². The van der Waals surface area contributed by atoms with Crippen LogP contribution in [0.25, 0.3) is 22.8 Å². The number of halogens is 1. The van der Waals surface area contributed by atoms with Crippen LogP contribution >= 0.6 is 11.6 Å². The molecule has 2 heterocycles. The molecule has 0 aliphatic carbocycles. The third-order valence-electron chi connectivity index (χ3n) is 4.20. The summed E-state index contributed by atoms with van der Waals surface area (Å²) in [5, 5.41) is 0.670. The van der Waals surface area contributed by atoms with Gasteiger partial charge in [0.2, 0.25) is 11.8 Å². The fraction of sp³-hybridized carbons (Fsp3) is 0.136. The first-order chi connectivity index (χ1) is 13.6. The predicted octanol–water partition coefficient (Wildman–Crippen LogP) is 5.65. The SMILES string of the molecule is Cc1cc(OCc2nc(-c3ccccc3)oc2C)nc(-c2ccc(Cl)cc2)n1. The minimum Gasteiger partial charge on any atom is -0.471 e. The van der Waals surface area contributed by atoms with Crippen molar-refractivity contribution in [2.75, 3.05) is 0 Å². The fourth-order valence-electron chi connectivity index (χ4n) is 2.75. The van der Waals surface area contributed by atoms with Crippen molar-refractivity contribution < 1.29 is 9.15 Å². The van der Waals surface area contributed by atoms with Gasteiger partial charge in [0, 0.05) is 27.9 Å². The van der Waals surface area contributed by atoms with Gasteiger partial charge in [-0.15, -0.1) is 0 Å². The highest BCUT2D eigenvalue weighted by Crippen LogP contribution is 2.24. The number of nitrogens with zero attached hydrogens (tertiary/aromatic N) is 3. The Bertz CT molecular complexity index is 1090. The number of ether oxygens (including phenoxy) is 1. The molecular weight excluding hydrogens is 374 g/mol. The number of aromatic nitrogens is 3. The standard InChI is InChI=1S/C22H18ClN3O2/c1-14-12-20(26-21(24-14)16-8-10-18(23)11-9-16)27-13-19-15(2)28-22(25-19)17-6-4-3-5-7-17/h3-12H,13H2,1-2H3.